The number of hydrogen-bond donors (Lipinski definition) is 1. The van der Waals surface area contributed by atoms with Gasteiger partial charge in [-0.2, -0.15) is 11.8 Å². The number of nitrogens with zero attached hydrogens (tertiary/aromatic N) is 4. The molecule has 3 rings (SSSR count). The Labute approximate surface area is 148 Å². The van der Waals surface area contributed by atoms with E-state index >= 15 is 0 Å². The van der Waals surface area contributed by atoms with E-state index in [0.717, 1.165) is 62.2 Å². The molecule has 2 aliphatic heterocycles. The van der Waals surface area contributed by atoms with Crippen LogP contribution in [0.2, 0.25) is 0 Å². The maximum atomic E-state index is 12.3. The summed E-state index contributed by atoms with van der Waals surface area (Å²) in [5.41, 5.74) is 0. The van der Waals surface area contributed by atoms with Gasteiger partial charge in [-0.25, -0.2) is 9.97 Å². The number of amides is 1. The Morgan fingerprint density at radius 1 is 1.08 bits per heavy atom. The van der Waals surface area contributed by atoms with Crippen LogP contribution in [0.5, 0.6) is 0 Å². The van der Waals surface area contributed by atoms with Crippen LogP contribution in [0.1, 0.15) is 32.1 Å². The molecule has 2 saturated heterocycles. The van der Waals surface area contributed by atoms with Gasteiger partial charge in [-0.05, 0) is 12.8 Å². The van der Waals surface area contributed by atoms with Crippen LogP contribution in [0.3, 0.4) is 0 Å². The van der Waals surface area contributed by atoms with Crippen molar-refractivity contribution in [2.75, 3.05) is 54.4 Å². The molecule has 1 amide bonds. The largest absolute Gasteiger partial charge is 0.369 e. The Bertz CT molecular complexity index is 527. The van der Waals surface area contributed by atoms with E-state index < -0.39 is 0 Å². The van der Waals surface area contributed by atoms with Crippen LogP contribution in [0.4, 0.5) is 11.6 Å². The Morgan fingerprint density at radius 2 is 1.83 bits per heavy atom. The van der Waals surface area contributed by atoms with E-state index in [9.17, 15) is 4.79 Å². The average Bonchev–Trinajstić information content (AvgIpc) is 2.92. The quantitative estimate of drug-likeness (QED) is 0.880. The summed E-state index contributed by atoms with van der Waals surface area (Å²) < 4.78 is 0. The number of hydrogen-bond acceptors (Lipinski definition) is 6. The molecule has 0 saturated carbocycles. The van der Waals surface area contributed by atoms with Gasteiger partial charge in [-0.15, -0.1) is 0 Å². The second kappa shape index (κ2) is 9.11. The second-order valence-electron chi connectivity index (χ2n) is 6.33. The third-order valence-corrected chi connectivity index (χ3v) is 5.53. The van der Waals surface area contributed by atoms with Crippen LogP contribution < -0.4 is 10.2 Å². The molecule has 132 valence electrons. The molecule has 7 heteroatoms. The fourth-order valence-electron chi connectivity index (χ4n) is 3.18. The third kappa shape index (κ3) is 5.00. The van der Waals surface area contributed by atoms with Crippen molar-refractivity contribution in [2.45, 2.75) is 32.1 Å². The van der Waals surface area contributed by atoms with Gasteiger partial charge in [0.2, 0.25) is 5.91 Å². The minimum Gasteiger partial charge on any atom is -0.369 e. The lowest BCUT2D eigenvalue weighted by Crippen LogP contribution is -2.33. The predicted octanol–water partition coefficient (Wildman–Crippen LogP) is 2.23. The number of nitrogens with one attached hydrogen (secondary N) is 1. The van der Waals surface area contributed by atoms with Crippen molar-refractivity contribution in [2.24, 2.45) is 0 Å². The summed E-state index contributed by atoms with van der Waals surface area (Å²) in [6.07, 6.45) is 6.92. The van der Waals surface area contributed by atoms with Crippen LogP contribution in [0.15, 0.2) is 12.4 Å². The molecule has 0 bridgehead atoms. The molecule has 0 unspecified atom stereocenters. The van der Waals surface area contributed by atoms with Gasteiger partial charge >= 0.3 is 0 Å². The van der Waals surface area contributed by atoms with Gasteiger partial charge in [0.05, 0.1) is 0 Å². The number of likely N-dealkylation sites (tertiary alicyclic amines) is 1. The van der Waals surface area contributed by atoms with Gasteiger partial charge < -0.3 is 15.1 Å². The van der Waals surface area contributed by atoms with E-state index in [2.05, 4.69) is 20.2 Å². The van der Waals surface area contributed by atoms with Gasteiger partial charge in [0.1, 0.15) is 18.0 Å². The van der Waals surface area contributed by atoms with Crippen LogP contribution in [0, 0.1) is 0 Å². The first-order valence-corrected chi connectivity index (χ1v) is 10.1. The summed E-state index contributed by atoms with van der Waals surface area (Å²) in [5, 5.41) is 3.28. The maximum Gasteiger partial charge on any atom is 0.224 e. The molecule has 1 aromatic rings. The van der Waals surface area contributed by atoms with Crippen LogP contribution >= 0.6 is 11.8 Å². The zero-order valence-electron chi connectivity index (χ0n) is 14.2. The molecule has 0 spiro atoms. The molecule has 24 heavy (non-hydrogen) atoms. The average molecular weight is 350 g/mol. The van der Waals surface area contributed by atoms with Crippen molar-refractivity contribution in [3.8, 4) is 0 Å². The Balaban J connectivity index is 1.46. The Morgan fingerprint density at radius 3 is 2.58 bits per heavy atom. The number of carbonyl (C=O) groups is 1. The topological polar surface area (TPSA) is 61.4 Å². The molecule has 6 nitrogen and oxygen atoms in total. The van der Waals surface area contributed by atoms with E-state index in [-0.39, 0.29) is 5.91 Å². The molecule has 0 aliphatic carbocycles. The molecule has 2 fully saturated rings. The zero-order valence-corrected chi connectivity index (χ0v) is 15.1. The molecule has 3 heterocycles. The third-order valence-electron chi connectivity index (χ3n) is 4.59. The molecule has 0 atom stereocenters. The first-order chi connectivity index (χ1) is 11.8. The van der Waals surface area contributed by atoms with E-state index in [1.54, 1.807) is 6.33 Å². The summed E-state index contributed by atoms with van der Waals surface area (Å²) in [6, 6.07) is 1.99. The van der Waals surface area contributed by atoms with Crippen molar-refractivity contribution < 1.29 is 4.79 Å². The lowest BCUT2D eigenvalue weighted by molar-refractivity contribution is -0.130. The number of rotatable bonds is 5. The van der Waals surface area contributed by atoms with Gasteiger partial charge in [-0.1, -0.05) is 12.8 Å². The van der Waals surface area contributed by atoms with Crippen molar-refractivity contribution in [3.05, 3.63) is 12.4 Å². The first-order valence-electron chi connectivity index (χ1n) is 8.99. The molecule has 1 N–H and O–H groups in total. The molecular formula is C17H27N5OS. The zero-order chi connectivity index (χ0) is 16.6. The lowest BCUT2D eigenvalue weighted by Gasteiger charge is -2.27. The highest BCUT2D eigenvalue weighted by atomic mass is 32.2. The van der Waals surface area contributed by atoms with Crippen molar-refractivity contribution in [3.63, 3.8) is 0 Å². The normalized spacial score (nSPS) is 19.0. The molecule has 2 aliphatic rings. The summed E-state index contributed by atoms with van der Waals surface area (Å²) in [7, 11) is 0. The van der Waals surface area contributed by atoms with E-state index in [1.807, 2.05) is 22.7 Å². The summed E-state index contributed by atoms with van der Waals surface area (Å²) in [5.74, 6) is 4.34. The van der Waals surface area contributed by atoms with Crippen molar-refractivity contribution in [1.29, 1.82) is 0 Å². The summed E-state index contributed by atoms with van der Waals surface area (Å²) in [4.78, 5) is 25.3. The van der Waals surface area contributed by atoms with E-state index in [4.69, 9.17) is 0 Å². The Kier molecular flexibility index (Phi) is 6.57. The number of aromatic nitrogens is 2. The van der Waals surface area contributed by atoms with E-state index in [1.165, 1.54) is 12.8 Å². The van der Waals surface area contributed by atoms with Gasteiger partial charge in [-0.3, -0.25) is 4.79 Å². The minimum atomic E-state index is 0.256. The van der Waals surface area contributed by atoms with Crippen molar-refractivity contribution in [1.82, 2.24) is 14.9 Å². The fourth-order valence-corrected chi connectivity index (χ4v) is 4.09. The monoisotopic (exact) mass is 349 g/mol. The highest BCUT2D eigenvalue weighted by molar-refractivity contribution is 7.99. The standard InChI is InChI=1S/C17H27N5OS/c23-17(22-7-3-1-2-4-8-22)5-6-18-15-13-16(20-14-19-15)21-9-11-24-12-10-21/h13-14H,1-12H2,(H,18,19,20). The Hall–Kier alpha value is -1.50. The number of anilines is 2. The summed E-state index contributed by atoms with van der Waals surface area (Å²) in [6.45, 7) is 4.54. The molecular weight excluding hydrogens is 322 g/mol. The van der Waals surface area contributed by atoms with Crippen LogP contribution in [-0.2, 0) is 4.79 Å². The van der Waals surface area contributed by atoms with Crippen LogP contribution in [-0.4, -0.2) is 65.0 Å². The van der Waals surface area contributed by atoms with Crippen LogP contribution in [0.25, 0.3) is 0 Å². The molecule has 0 radical (unpaired) electrons. The maximum absolute atomic E-state index is 12.3. The summed E-state index contributed by atoms with van der Waals surface area (Å²) >= 11 is 1.99. The van der Waals surface area contributed by atoms with Crippen molar-refractivity contribution >= 4 is 29.3 Å². The highest BCUT2D eigenvalue weighted by Gasteiger charge is 2.15. The lowest BCUT2D eigenvalue weighted by atomic mass is 10.2. The first kappa shape index (κ1) is 17.3. The predicted molar refractivity (Wildman–Crippen MR) is 99.7 cm³/mol. The number of thioether (sulfide) groups is 1. The molecule has 0 aromatic carbocycles. The smallest absolute Gasteiger partial charge is 0.224 e. The van der Waals surface area contributed by atoms with E-state index in [0.29, 0.717) is 13.0 Å². The number of carbonyl (C=O) groups excluding carboxylic acids is 1. The minimum absolute atomic E-state index is 0.256. The SMILES string of the molecule is O=C(CCNc1cc(N2CCSCC2)ncn1)N1CCCCCC1. The van der Waals surface area contributed by atoms with Gasteiger partial charge in [0, 0.05) is 56.7 Å². The second-order valence-corrected chi connectivity index (χ2v) is 7.56. The fraction of sp³-hybridized carbons (Fsp3) is 0.706. The highest BCUT2D eigenvalue weighted by Crippen LogP contribution is 2.19. The van der Waals surface area contributed by atoms with Gasteiger partial charge in [0.15, 0.2) is 0 Å². The molecule has 1 aromatic heterocycles. The van der Waals surface area contributed by atoms with Gasteiger partial charge in [0.25, 0.3) is 0 Å².